The highest BCUT2D eigenvalue weighted by molar-refractivity contribution is 5.91. The van der Waals surface area contributed by atoms with Crippen molar-refractivity contribution in [1.29, 1.82) is 0 Å². The summed E-state index contributed by atoms with van der Waals surface area (Å²) in [6.07, 6.45) is 5.81. The number of benzene rings is 1. The summed E-state index contributed by atoms with van der Waals surface area (Å²) in [5, 5.41) is 0. The highest BCUT2D eigenvalue weighted by Crippen LogP contribution is 2.18. The molecule has 2 aromatic rings. The van der Waals surface area contributed by atoms with Crippen LogP contribution in [-0.2, 0) is 11.3 Å². The van der Waals surface area contributed by atoms with Crippen LogP contribution < -0.4 is 5.73 Å². The van der Waals surface area contributed by atoms with Crippen molar-refractivity contribution in [1.82, 2.24) is 9.55 Å². The first-order valence-corrected chi connectivity index (χ1v) is 6.26. The Hall–Kier alpha value is -2.37. The largest absolute Gasteiger partial charge is 0.462 e. The third kappa shape index (κ3) is 3.34. The van der Waals surface area contributed by atoms with Crippen LogP contribution in [-0.4, -0.2) is 22.1 Å². The lowest BCUT2D eigenvalue weighted by Crippen LogP contribution is -2.11. The molecule has 0 bridgehead atoms. The Kier molecular flexibility index (Phi) is 4.34. The standard InChI is InChI=1S/C14H16FN3O2/c1-10-7-11(16)8-12(13(10)15)14(19)20-6-2-4-18-5-3-17-9-18/h3,5,7-9H,2,4,6,16H2,1H3. The van der Waals surface area contributed by atoms with Gasteiger partial charge in [-0.25, -0.2) is 14.2 Å². The molecule has 2 rings (SSSR count). The van der Waals surface area contributed by atoms with Gasteiger partial charge in [0.1, 0.15) is 5.82 Å². The molecule has 0 atom stereocenters. The molecule has 0 aliphatic rings. The Bertz CT molecular complexity index is 597. The first-order chi connectivity index (χ1) is 9.58. The number of esters is 1. The summed E-state index contributed by atoms with van der Waals surface area (Å²) in [5.41, 5.74) is 6.15. The molecule has 0 unspecified atom stereocenters. The second-order valence-corrected chi connectivity index (χ2v) is 4.49. The first kappa shape index (κ1) is 14.0. The van der Waals surface area contributed by atoms with Gasteiger partial charge in [0.25, 0.3) is 0 Å². The number of carbonyl (C=O) groups excluding carboxylic acids is 1. The molecule has 0 aliphatic carbocycles. The van der Waals surface area contributed by atoms with Crippen LogP contribution in [0.4, 0.5) is 10.1 Å². The maximum atomic E-state index is 13.8. The van der Waals surface area contributed by atoms with Crippen molar-refractivity contribution >= 4 is 11.7 Å². The monoisotopic (exact) mass is 277 g/mol. The smallest absolute Gasteiger partial charge is 0.341 e. The second-order valence-electron chi connectivity index (χ2n) is 4.49. The SMILES string of the molecule is Cc1cc(N)cc(C(=O)OCCCn2ccnc2)c1F. The number of anilines is 1. The van der Waals surface area contributed by atoms with Gasteiger partial charge in [-0.1, -0.05) is 0 Å². The fraction of sp³-hybridized carbons (Fsp3) is 0.286. The average molecular weight is 277 g/mol. The Morgan fingerprint density at radius 2 is 2.30 bits per heavy atom. The molecule has 2 N–H and O–H groups in total. The van der Waals surface area contributed by atoms with E-state index in [2.05, 4.69) is 4.98 Å². The zero-order valence-electron chi connectivity index (χ0n) is 11.2. The number of ether oxygens (including phenoxy) is 1. The number of rotatable bonds is 5. The van der Waals surface area contributed by atoms with Crippen LogP contribution in [0.1, 0.15) is 22.3 Å². The quantitative estimate of drug-likeness (QED) is 0.516. The van der Waals surface area contributed by atoms with Gasteiger partial charge < -0.3 is 15.0 Å². The van der Waals surface area contributed by atoms with E-state index in [1.54, 1.807) is 19.4 Å². The molecule has 0 radical (unpaired) electrons. The highest BCUT2D eigenvalue weighted by atomic mass is 19.1. The third-order valence-electron chi connectivity index (χ3n) is 2.85. The maximum absolute atomic E-state index is 13.8. The number of aryl methyl sites for hydroxylation is 2. The number of halogens is 1. The van der Waals surface area contributed by atoms with E-state index in [-0.39, 0.29) is 12.2 Å². The number of hydrogen-bond acceptors (Lipinski definition) is 4. The second kappa shape index (κ2) is 6.18. The van der Waals surface area contributed by atoms with Crippen molar-refractivity contribution in [2.24, 2.45) is 0 Å². The van der Waals surface area contributed by atoms with Gasteiger partial charge in [-0.05, 0) is 31.0 Å². The van der Waals surface area contributed by atoms with Gasteiger partial charge in [0.05, 0.1) is 18.5 Å². The number of carbonyl (C=O) groups is 1. The summed E-state index contributed by atoms with van der Waals surface area (Å²) in [7, 11) is 0. The molecule has 6 heteroatoms. The van der Waals surface area contributed by atoms with Crippen molar-refractivity contribution in [3.8, 4) is 0 Å². The molecule has 106 valence electrons. The predicted molar refractivity (Wildman–Crippen MR) is 72.7 cm³/mol. The zero-order chi connectivity index (χ0) is 14.5. The molecule has 1 aromatic carbocycles. The van der Waals surface area contributed by atoms with E-state index in [0.717, 1.165) is 0 Å². The molecule has 0 amide bonds. The van der Waals surface area contributed by atoms with Crippen LogP contribution in [0.15, 0.2) is 30.9 Å². The van der Waals surface area contributed by atoms with E-state index >= 15 is 0 Å². The lowest BCUT2D eigenvalue weighted by atomic mass is 10.1. The van der Waals surface area contributed by atoms with Gasteiger partial charge in [0.15, 0.2) is 0 Å². The van der Waals surface area contributed by atoms with Gasteiger partial charge in [-0.15, -0.1) is 0 Å². The molecule has 0 fully saturated rings. The molecule has 20 heavy (non-hydrogen) atoms. The van der Waals surface area contributed by atoms with Crippen LogP contribution >= 0.6 is 0 Å². The number of nitrogens with zero attached hydrogens (tertiary/aromatic N) is 2. The molecule has 0 aliphatic heterocycles. The number of imidazole rings is 1. The van der Waals surface area contributed by atoms with Gasteiger partial charge >= 0.3 is 5.97 Å². The molecule has 5 nitrogen and oxygen atoms in total. The Morgan fingerprint density at radius 1 is 1.50 bits per heavy atom. The number of hydrogen-bond donors (Lipinski definition) is 1. The van der Waals surface area contributed by atoms with E-state index in [1.807, 2.05) is 10.8 Å². The molecule has 0 saturated carbocycles. The summed E-state index contributed by atoms with van der Waals surface area (Å²) in [6, 6.07) is 2.77. The van der Waals surface area contributed by atoms with E-state index in [1.165, 1.54) is 12.1 Å². The van der Waals surface area contributed by atoms with Crippen molar-refractivity contribution in [2.75, 3.05) is 12.3 Å². The lowest BCUT2D eigenvalue weighted by Gasteiger charge is -2.08. The normalized spacial score (nSPS) is 10.5. The fourth-order valence-corrected chi connectivity index (χ4v) is 1.85. The van der Waals surface area contributed by atoms with Gasteiger partial charge in [0, 0.05) is 24.6 Å². The summed E-state index contributed by atoms with van der Waals surface area (Å²) in [5.74, 6) is -1.28. The third-order valence-corrected chi connectivity index (χ3v) is 2.85. The molecule has 0 saturated heterocycles. The van der Waals surface area contributed by atoms with E-state index in [4.69, 9.17) is 10.5 Å². The van der Waals surface area contributed by atoms with Crippen LogP contribution in [0.25, 0.3) is 0 Å². The summed E-state index contributed by atoms with van der Waals surface area (Å²) in [6.45, 7) is 2.46. The zero-order valence-corrected chi connectivity index (χ0v) is 11.2. The number of aromatic nitrogens is 2. The Labute approximate surface area is 116 Å². The highest BCUT2D eigenvalue weighted by Gasteiger charge is 2.15. The first-order valence-electron chi connectivity index (χ1n) is 6.26. The maximum Gasteiger partial charge on any atom is 0.341 e. The Balaban J connectivity index is 1.89. The molecular formula is C14H16FN3O2. The van der Waals surface area contributed by atoms with Crippen molar-refractivity contribution in [2.45, 2.75) is 19.9 Å². The molecular weight excluding hydrogens is 261 g/mol. The summed E-state index contributed by atoms with van der Waals surface area (Å²) >= 11 is 0. The Morgan fingerprint density at radius 3 is 3.00 bits per heavy atom. The molecule has 1 aromatic heterocycles. The lowest BCUT2D eigenvalue weighted by molar-refractivity contribution is 0.0490. The number of nitrogens with two attached hydrogens (primary N) is 1. The van der Waals surface area contributed by atoms with Gasteiger partial charge in [-0.2, -0.15) is 0 Å². The average Bonchev–Trinajstić information content (AvgIpc) is 2.91. The van der Waals surface area contributed by atoms with Gasteiger partial charge in [-0.3, -0.25) is 0 Å². The van der Waals surface area contributed by atoms with Crippen LogP contribution in [0.3, 0.4) is 0 Å². The van der Waals surface area contributed by atoms with Crippen LogP contribution in [0, 0.1) is 12.7 Å². The predicted octanol–water partition coefficient (Wildman–Crippen LogP) is 2.16. The fourth-order valence-electron chi connectivity index (χ4n) is 1.85. The van der Waals surface area contributed by atoms with Crippen LogP contribution in [0.5, 0.6) is 0 Å². The van der Waals surface area contributed by atoms with E-state index in [0.29, 0.717) is 24.2 Å². The van der Waals surface area contributed by atoms with Crippen LogP contribution in [0.2, 0.25) is 0 Å². The topological polar surface area (TPSA) is 70.1 Å². The summed E-state index contributed by atoms with van der Waals surface area (Å²) < 4.78 is 20.7. The minimum Gasteiger partial charge on any atom is -0.462 e. The minimum atomic E-state index is -0.691. The van der Waals surface area contributed by atoms with E-state index in [9.17, 15) is 9.18 Å². The van der Waals surface area contributed by atoms with E-state index < -0.39 is 11.8 Å². The number of nitrogen functional groups attached to an aromatic ring is 1. The molecule has 1 heterocycles. The van der Waals surface area contributed by atoms with Crippen molar-refractivity contribution < 1.29 is 13.9 Å². The van der Waals surface area contributed by atoms with Crippen molar-refractivity contribution in [3.05, 3.63) is 47.8 Å². The van der Waals surface area contributed by atoms with Gasteiger partial charge in [0.2, 0.25) is 0 Å². The molecule has 0 spiro atoms. The van der Waals surface area contributed by atoms with Crippen molar-refractivity contribution in [3.63, 3.8) is 0 Å². The minimum absolute atomic E-state index is 0.120. The summed E-state index contributed by atoms with van der Waals surface area (Å²) in [4.78, 5) is 15.7.